The Kier molecular flexibility index (Phi) is 7.53. The molecule has 50 heavy (non-hydrogen) atoms. The number of rotatable bonds is 7. The van der Waals surface area contributed by atoms with Gasteiger partial charge in [0, 0.05) is 33.4 Å². The number of aromatic nitrogens is 1. The van der Waals surface area contributed by atoms with E-state index in [9.17, 15) is 0 Å². The van der Waals surface area contributed by atoms with Gasteiger partial charge >= 0.3 is 0 Å². The fraction of sp³-hybridized carbons (Fsp3) is 0. The van der Waals surface area contributed by atoms with Gasteiger partial charge in [-0.1, -0.05) is 146 Å². The van der Waals surface area contributed by atoms with Gasteiger partial charge in [-0.25, -0.2) is 0 Å². The van der Waals surface area contributed by atoms with Crippen molar-refractivity contribution in [2.45, 2.75) is 0 Å². The molecule has 0 amide bonds. The van der Waals surface area contributed by atoms with Gasteiger partial charge in [-0.05, 0) is 88.5 Å². The van der Waals surface area contributed by atoms with Crippen molar-refractivity contribution in [1.82, 2.24) is 4.57 Å². The zero-order valence-corrected chi connectivity index (χ0v) is 27.5. The predicted octanol–water partition coefficient (Wildman–Crippen LogP) is 13.3. The highest BCUT2D eigenvalue weighted by Crippen LogP contribution is 2.45. The molecule has 0 aliphatic heterocycles. The van der Waals surface area contributed by atoms with E-state index < -0.39 is 0 Å². The van der Waals surface area contributed by atoms with E-state index in [0.29, 0.717) is 0 Å². The van der Waals surface area contributed by atoms with Gasteiger partial charge in [-0.15, -0.1) is 0 Å². The van der Waals surface area contributed by atoms with Crippen molar-refractivity contribution in [3.63, 3.8) is 0 Å². The maximum Gasteiger partial charge on any atom is 0.0547 e. The normalized spacial score (nSPS) is 11.2. The molecule has 236 valence electrons. The number of fused-ring (bicyclic) bond motifs is 3. The molecule has 2 heteroatoms. The SMILES string of the molecule is c1ccc(-c2cc(-c3ccc4c5ccccc5n(-c5ccccc5)c4c3)ccc2-c2ccccc2N(c2ccccc2)c2ccccc2)cc1. The molecule has 9 aromatic rings. The van der Waals surface area contributed by atoms with Crippen LogP contribution in [0.5, 0.6) is 0 Å². The first kappa shape index (κ1) is 29.5. The molecule has 2 nitrogen and oxygen atoms in total. The third kappa shape index (κ3) is 5.24. The van der Waals surface area contributed by atoms with Crippen LogP contribution in [-0.4, -0.2) is 4.57 Å². The van der Waals surface area contributed by atoms with Gasteiger partial charge in [0.15, 0.2) is 0 Å². The Morgan fingerprint density at radius 2 is 0.860 bits per heavy atom. The molecule has 8 aromatic carbocycles. The number of para-hydroxylation sites is 5. The molecule has 0 fully saturated rings. The standard InChI is InChI=1S/C48H34N2/c1-5-17-35(18-6-1)45-33-36(37-30-32-44-43-26-14-16-28-47(43)50(48(44)34-37)40-23-11-4-12-24-40)29-31-41(45)42-25-13-15-27-46(42)49(38-19-7-2-8-20-38)39-21-9-3-10-22-39/h1-34H. The summed E-state index contributed by atoms with van der Waals surface area (Å²) in [7, 11) is 0. The van der Waals surface area contributed by atoms with E-state index in [1.54, 1.807) is 0 Å². The average molecular weight is 639 g/mol. The van der Waals surface area contributed by atoms with Crippen molar-refractivity contribution >= 4 is 38.9 Å². The highest BCUT2D eigenvalue weighted by atomic mass is 15.1. The Morgan fingerprint density at radius 3 is 1.58 bits per heavy atom. The van der Waals surface area contributed by atoms with E-state index in [0.717, 1.165) is 22.7 Å². The van der Waals surface area contributed by atoms with E-state index in [2.05, 4.69) is 216 Å². The molecule has 9 rings (SSSR count). The molecule has 0 unspecified atom stereocenters. The Balaban J connectivity index is 1.24. The number of hydrogen-bond donors (Lipinski definition) is 0. The molecule has 0 aliphatic carbocycles. The second kappa shape index (κ2) is 12.8. The number of hydrogen-bond acceptors (Lipinski definition) is 1. The molecule has 0 N–H and O–H groups in total. The van der Waals surface area contributed by atoms with Gasteiger partial charge in [0.25, 0.3) is 0 Å². The van der Waals surface area contributed by atoms with Gasteiger partial charge in [-0.2, -0.15) is 0 Å². The lowest BCUT2D eigenvalue weighted by Crippen LogP contribution is -2.11. The van der Waals surface area contributed by atoms with Gasteiger partial charge in [-0.3, -0.25) is 0 Å². The average Bonchev–Trinajstić information content (AvgIpc) is 3.53. The summed E-state index contributed by atoms with van der Waals surface area (Å²) in [6.45, 7) is 0. The van der Waals surface area contributed by atoms with Gasteiger partial charge in [0.05, 0.1) is 16.7 Å². The summed E-state index contributed by atoms with van der Waals surface area (Å²) in [5.41, 5.74) is 14.0. The summed E-state index contributed by atoms with van der Waals surface area (Å²) in [5, 5.41) is 2.51. The fourth-order valence-corrected chi connectivity index (χ4v) is 7.30. The molecule has 0 atom stereocenters. The second-order valence-electron chi connectivity index (χ2n) is 12.6. The van der Waals surface area contributed by atoms with Crippen LogP contribution in [0.15, 0.2) is 206 Å². The lowest BCUT2D eigenvalue weighted by molar-refractivity contribution is 1.18. The topological polar surface area (TPSA) is 8.17 Å². The van der Waals surface area contributed by atoms with Crippen molar-refractivity contribution in [3.05, 3.63) is 206 Å². The highest BCUT2D eigenvalue weighted by Gasteiger charge is 2.20. The van der Waals surface area contributed by atoms with Crippen LogP contribution in [0.1, 0.15) is 0 Å². The largest absolute Gasteiger partial charge is 0.310 e. The van der Waals surface area contributed by atoms with Crippen LogP contribution in [0, 0.1) is 0 Å². The first-order chi connectivity index (χ1) is 24.8. The molecule has 1 aromatic heterocycles. The minimum absolute atomic E-state index is 1.12. The molecular weight excluding hydrogens is 605 g/mol. The van der Waals surface area contributed by atoms with Gasteiger partial charge in [0.1, 0.15) is 0 Å². The van der Waals surface area contributed by atoms with Crippen molar-refractivity contribution < 1.29 is 0 Å². The van der Waals surface area contributed by atoms with Crippen molar-refractivity contribution in [1.29, 1.82) is 0 Å². The maximum atomic E-state index is 2.39. The highest BCUT2D eigenvalue weighted by molar-refractivity contribution is 6.10. The summed E-state index contributed by atoms with van der Waals surface area (Å²) >= 11 is 0. The number of anilines is 3. The van der Waals surface area contributed by atoms with E-state index in [1.807, 2.05) is 0 Å². The fourth-order valence-electron chi connectivity index (χ4n) is 7.30. The summed E-state index contributed by atoms with van der Waals surface area (Å²) in [5.74, 6) is 0. The Morgan fingerprint density at radius 1 is 0.320 bits per heavy atom. The molecule has 0 radical (unpaired) electrons. The summed E-state index contributed by atoms with van der Waals surface area (Å²) in [4.78, 5) is 2.36. The Bertz CT molecular complexity index is 2530. The zero-order valence-electron chi connectivity index (χ0n) is 27.5. The number of nitrogens with zero attached hydrogens (tertiary/aromatic N) is 2. The van der Waals surface area contributed by atoms with Crippen LogP contribution in [0.2, 0.25) is 0 Å². The monoisotopic (exact) mass is 638 g/mol. The quantitative estimate of drug-likeness (QED) is 0.169. The first-order valence-corrected chi connectivity index (χ1v) is 17.1. The Labute approximate surface area is 292 Å². The van der Waals surface area contributed by atoms with E-state index in [1.165, 1.54) is 55.2 Å². The van der Waals surface area contributed by atoms with E-state index >= 15 is 0 Å². The lowest BCUT2D eigenvalue weighted by atomic mass is 9.90. The van der Waals surface area contributed by atoms with Crippen LogP contribution >= 0.6 is 0 Å². The molecule has 0 saturated heterocycles. The third-order valence-corrected chi connectivity index (χ3v) is 9.59. The second-order valence-corrected chi connectivity index (χ2v) is 12.6. The minimum Gasteiger partial charge on any atom is -0.310 e. The first-order valence-electron chi connectivity index (χ1n) is 17.1. The van der Waals surface area contributed by atoms with Crippen LogP contribution in [0.4, 0.5) is 17.1 Å². The molecule has 0 spiro atoms. The zero-order chi connectivity index (χ0) is 33.3. The van der Waals surface area contributed by atoms with Crippen molar-refractivity contribution in [2.24, 2.45) is 0 Å². The lowest BCUT2D eigenvalue weighted by Gasteiger charge is -2.28. The summed E-state index contributed by atoms with van der Waals surface area (Å²) < 4.78 is 2.39. The van der Waals surface area contributed by atoms with Crippen LogP contribution in [0.3, 0.4) is 0 Å². The third-order valence-electron chi connectivity index (χ3n) is 9.59. The van der Waals surface area contributed by atoms with E-state index in [4.69, 9.17) is 0 Å². The molecule has 0 saturated carbocycles. The minimum atomic E-state index is 1.12. The molecule has 0 bridgehead atoms. The van der Waals surface area contributed by atoms with Crippen molar-refractivity contribution in [3.8, 4) is 39.1 Å². The molecule has 0 aliphatic rings. The van der Waals surface area contributed by atoms with Crippen LogP contribution < -0.4 is 4.90 Å². The summed E-state index contributed by atoms with van der Waals surface area (Å²) in [6.07, 6.45) is 0. The maximum absolute atomic E-state index is 2.39. The molecule has 1 heterocycles. The Hall–Kier alpha value is -6.64. The number of benzene rings is 8. The molecular formula is C48H34N2. The van der Waals surface area contributed by atoms with Crippen LogP contribution in [0.25, 0.3) is 60.9 Å². The van der Waals surface area contributed by atoms with Crippen LogP contribution in [-0.2, 0) is 0 Å². The smallest absolute Gasteiger partial charge is 0.0547 e. The predicted molar refractivity (Wildman–Crippen MR) is 212 cm³/mol. The van der Waals surface area contributed by atoms with E-state index in [-0.39, 0.29) is 0 Å². The summed E-state index contributed by atoms with van der Waals surface area (Å²) in [6, 6.07) is 74.0. The van der Waals surface area contributed by atoms with Crippen molar-refractivity contribution in [2.75, 3.05) is 4.90 Å². The van der Waals surface area contributed by atoms with Gasteiger partial charge < -0.3 is 9.47 Å². The van der Waals surface area contributed by atoms with Gasteiger partial charge in [0.2, 0.25) is 0 Å².